The Morgan fingerprint density at radius 2 is 2.23 bits per heavy atom. The van der Waals surface area contributed by atoms with Crippen LogP contribution in [-0.4, -0.2) is 17.7 Å². The number of rotatable bonds is 1. The third-order valence-corrected chi connectivity index (χ3v) is 3.32. The molecule has 0 saturated carbocycles. The molecule has 0 aliphatic carbocycles. The minimum Gasteiger partial charge on any atom is -0.382 e. The maximum Gasteiger partial charge on any atom is 0.107 e. The molecule has 0 aromatic heterocycles. The number of aliphatic hydroxyl groups is 1. The molecule has 70 valence electrons. The smallest absolute Gasteiger partial charge is 0.107 e. The highest BCUT2D eigenvalue weighted by Crippen LogP contribution is 2.40. The van der Waals surface area contributed by atoms with Gasteiger partial charge >= 0.3 is 0 Å². The van der Waals surface area contributed by atoms with Crippen LogP contribution >= 0.6 is 11.8 Å². The summed E-state index contributed by atoms with van der Waals surface area (Å²) in [7, 11) is 1.68. The van der Waals surface area contributed by atoms with E-state index >= 15 is 0 Å². The molecule has 2 atom stereocenters. The highest BCUT2D eigenvalue weighted by Gasteiger charge is 2.25. The van der Waals surface area contributed by atoms with E-state index in [1.165, 1.54) is 17.3 Å². The van der Waals surface area contributed by atoms with Gasteiger partial charge in [-0.15, -0.1) is 0 Å². The fourth-order valence-electron chi connectivity index (χ4n) is 1.58. The molecule has 1 aliphatic heterocycles. The van der Waals surface area contributed by atoms with Crippen LogP contribution in [0.25, 0.3) is 0 Å². The first-order chi connectivity index (χ1) is 6.31. The summed E-state index contributed by atoms with van der Waals surface area (Å²) in [6.45, 7) is 0. The number of methoxy groups -OCH3 is 1. The zero-order chi connectivity index (χ0) is 9.26. The first kappa shape index (κ1) is 9.06. The summed E-state index contributed by atoms with van der Waals surface area (Å²) in [5.41, 5.74) is 0.861. The highest BCUT2D eigenvalue weighted by atomic mass is 32.2. The molecule has 2 rings (SSSR count). The number of fused-ring (bicyclic) bond motifs is 1. The molecule has 3 heteroatoms. The van der Waals surface area contributed by atoms with Crippen molar-refractivity contribution in [2.45, 2.75) is 22.9 Å². The molecule has 0 saturated heterocycles. The van der Waals surface area contributed by atoms with Gasteiger partial charge in [-0.05, 0) is 11.6 Å². The lowest BCUT2D eigenvalue weighted by Gasteiger charge is -2.27. The van der Waals surface area contributed by atoms with Crippen molar-refractivity contribution >= 4 is 11.8 Å². The van der Waals surface area contributed by atoms with Gasteiger partial charge in [0.05, 0.1) is 6.10 Å². The third-order valence-electron chi connectivity index (χ3n) is 2.23. The average Bonchev–Trinajstić information content (AvgIpc) is 2.16. The van der Waals surface area contributed by atoms with E-state index in [9.17, 15) is 5.11 Å². The predicted molar refractivity (Wildman–Crippen MR) is 52.7 cm³/mol. The molecule has 2 nitrogen and oxygen atoms in total. The van der Waals surface area contributed by atoms with Crippen molar-refractivity contribution in [1.29, 1.82) is 0 Å². The Morgan fingerprint density at radius 3 is 3.00 bits per heavy atom. The lowest BCUT2D eigenvalue weighted by molar-refractivity contribution is 0.0646. The summed E-state index contributed by atoms with van der Waals surface area (Å²) in [4.78, 5) is 1.13. The normalized spacial score (nSPS) is 26.9. The minimum absolute atomic E-state index is 0.0486. The van der Waals surface area contributed by atoms with Gasteiger partial charge in [-0.25, -0.2) is 0 Å². The van der Waals surface area contributed by atoms with Gasteiger partial charge in [0.25, 0.3) is 0 Å². The van der Waals surface area contributed by atoms with Gasteiger partial charge in [0, 0.05) is 18.4 Å². The Labute approximate surface area is 81.9 Å². The average molecular weight is 196 g/mol. The van der Waals surface area contributed by atoms with Gasteiger partial charge in [-0.1, -0.05) is 30.0 Å². The maximum absolute atomic E-state index is 9.54. The van der Waals surface area contributed by atoms with Crippen LogP contribution in [0.2, 0.25) is 0 Å². The second-order valence-corrected chi connectivity index (χ2v) is 4.29. The summed E-state index contributed by atoms with van der Waals surface area (Å²) >= 11 is 1.51. The molecular formula is C10H12O2S. The van der Waals surface area contributed by atoms with Gasteiger partial charge in [-0.3, -0.25) is 0 Å². The second kappa shape index (κ2) is 3.70. The van der Waals surface area contributed by atoms with E-state index in [2.05, 4.69) is 6.07 Å². The summed E-state index contributed by atoms with van der Waals surface area (Å²) in [6.07, 6.45) is 0.727. The van der Waals surface area contributed by atoms with E-state index in [1.807, 2.05) is 18.2 Å². The van der Waals surface area contributed by atoms with Gasteiger partial charge in [0.2, 0.25) is 0 Å². The van der Waals surface area contributed by atoms with Crippen molar-refractivity contribution in [3.8, 4) is 0 Å². The van der Waals surface area contributed by atoms with Crippen LogP contribution in [0.1, 0.15) is 18.1 Å². The van der Waals surface area contributed by atoms with Crippen molar-refractivity contribution < 1.29 is 9.84 Å². The predicted octanol–water partition coefficient (Wildman–Crippen LogP) is 2.19. The Hall–Kier alpha value is -0.510. The molecule has 0 amide bonds. The quantitative estimate of drug-likeness (QED) is 0.746. The summed E-state index contributed by atoms with van der Waals surface area (Å²) < 4.78 is 5.31. The summed E-state index contributed by atoms with van der Waals surface area (Å²) in [6, 6.07) is 8.07. The van der Waals surface area contributed by atoms with E-state index in [0.29, 0.717) is 6.42 Å². The van der Waals surface area contributed by atoms with E-state index in [4.69, 9.17) is 4.74 Å². The van der Waals surface area contributed by atoms with E-state index in [1.54, 1.807) is 7.11 Å². The van der Waals surface area contributed by atoms with Crippen LogP contribution in [-0.2, 0) is 4.74 Å². The largest absolute Gasteiger partial charge is 0.382 e. The maximum atomic E-state index is 9.54. The first-order valence-corrected chi connectivity index (χ1v) is 5.15. The molecule has 2 unspecified atom stereocenters. The van der Waals surface area contributed by atoms with Gasteiger partial charge < -0.3 is 9.84 Å². The van der Waals surface area contributed by atoms with Crippen LogP contribution in [0.4, 0.5) is 0 Å². The van der Waals surface area contributed by atoms with Crippen molar-refractivity contribution in [1.82, 2.24) is 0 Å². The zero-order valence-electron chi connectivity index (χ0n) is 7.43. The first-order valence-electron chi connectivity index (χ1n) is 4.27. The molecule has 0 fully saturated rings. The lowest BCUT2D eigenvalue weighted by atomic mass is 10.1. The van der Waals surface area contributed by atoms with Crippen molar-refractivity contribution in [3.63, 3.8) is 0 Å². The molecule has 13 heavy (non-hydrogen) atoms. The zero-order valence-corrected chi connectivity index (χ0v) is 8.25. The number of thioether (sulfide) groups is 1. The summed E-state index contributed by atoms with van der Waals surface area (Å²) in [5.74, 6) is 0. The van der Waals surface area contributed by atoms with Gasteiger partial charge in [-0.2, -0.15) is 0 Å². The molecular weight excluding hydrogens is 184 g/mol. The molecule has 1 heterocycles. The van der Waals surface area contributed by atoms with Crippen LogP contribution in [0, 0.1) is 0 Å². The Morgan fingerprint density at radius 1 is 1.46 bits per heavy atom. The van der Waals surface area contributed by atoms with Crippen LogP contribution in [0.3, 0.4) is 0 Å². The molecule has 1 aromatic rings. The Balaban J connectivity index is 2.37. The van der Waals surface area contributed by atoms with Crippen molar-refractivity contribution in [2.75, 3.05) is 7.11 Å². The van der Waals surface area contributed by atoms with Gasteiger partial charge in [0.15, 0.2) is 0 Å². The number of aliphatic hydroxyl groups excluding tert-OH is 1. The van der Waals surface area contributed by atoms with Crippen molar-refractivity contribution in [2.24, 2.45) is 0 Å². The fourth-order valence-corrected chi connectivity index (χ4v) is 2.64. The molecule has 1 N–H and O–H groups in total. The summed E-state index contributed by atoms with van der Waals surface area (Å²) in [5, 5.41) is 9.54. The Kier molecular flexibility index (Phi) is 2.58. The minimum atomic E-state index is -0.333. The molecule has 0 radical (unpaired) electrons. The standard InChI is InChI=1S/C10H12O2S/c1-12-8-6-10(11)13-9-5-3-2-4-7(8)9/h2-5,8,10-11H,6H2,1H3. The number of hydrogen-bond donors (Lipinski definition) is 1. The lowest BCUT2D eigenvalue weighted by Crippen LogP contribution is -2.16. The molecule has 1 aromatic carbocycles. The third kappa shape index (κ3) is 1.73. The number of hydrogen-bond acceptors (Lipinski definition) is 3. The van der Waals surface area contributed by atoms with Crippen LogP contribution in [0.15, 0.2) is 29.2 Å². The van der Waals surface area contributed by atoms with Crippen LogP contribution < -0.4 is 0 Å². The SMILES string of the molecule is COC1CC(O)Sc2ccccc21. The number of ether oxygens (including phenoxy) is 1. The van der Waals surface area contributed by atoms with E-state index < -0.39 is 0 Å². The van der Waals surface area contributed by atoms with E-state index in [-0.39, 0.29) is 11.5 Å². The van der Waals surface area contributed by atoms with Crippen LogP contribution in [0.5, 0.6) is 0 Å². The monoisotopic (exact) mass is 196 g/mol. The Bertz CT molecular complexity index is 301. The molecule has 0 bridgehead atoms. The topological polar surface area (TPSA) is 29.5 Å². The van der Waals surface area contributed by atoms with E-state index in [0.717, 1.165) is 4.90 Å². The molecule has 0 spiro atoms. The second-order valence-electron chi connectivity index (χ2n) is 3.07. The highest BCUT2D eigenvalue weighted by molar-refractivity contribution is 7.99. The van der Waals surface area contributed by atoms with Gasteiger partial charge in [0.1, 0.15) is 5.44 Å². The van der Waals surface area contributed by atoms with Crippen molar-refractivity contribution in [3.05, 3.63) is 29.8 Å². The number of benzene rings is 1. The molecule has 1 aliphatic rings. The fraction of sp³-hybridized carbons (Fsp3) is 0.400.